The summed E-state index contributed by atoms with van der Waals surface area (Å²) in [5, 5.41) is -0.592. The average molecular weight is 500 g/mol. The smallest absolute Gasteiger partial charge is 0.222 e. The van der Waals surface area contributed by atoms with Crippen LogP contribution in [-0.2, 0) is 21.4 Å². The quantitative estimate of drug-likeness (QED) is 0.609. The third-order valence-corrected chi connectivity index (χ3v) is 10.3. The number of likely N-dealkylation sites (tertiary alicyclic amines) is 1. The molecule has 0 saturated carbocycles. The third kappa shape index (κ3) is 4.83. The fourth-order valence-electron chi connectivity index (χ4n) is 5.87. The molecule has 0 bridgehead atoms. The predicted molar refractivity (Wildman–Crippen MR) is 135 cm³/mol. The van der Waals surface area contributed by atoms with Crippen LogP contribution in [0.5, 0.6) is 0 Å². The van der Waals surface area contributed by atoms with Crippen LogP contribution >= 0.6 is 0 Å². The number of hydrogen-bond acceptors (Lipinski definition) is 4. The standard InChI is InChI=1S/C27H34FN3O3S/c1-20-9-12-26(21-6-3-2-4-7-21)35(33,34)31(20)19-22-10-11-24(18-25(22)28)29-16-13-23(14-17-29)30-15-5-8-27(30)32/h2-4,6-7,10-11,18,20,23,26H,5,8-9,12-17,19H2,1H3/t20-,26?/m0/s1. The van der Waals surface area contributed by atoms with Crippen molar-refractivity contribution < 1.29 is 17.6 Å². The molecule has 8 heteroatoms. The van der Waals surface area contributed by atoms with Crippen molar-refractivity contribution in [2.24, 2.45) is 0 Å². The van der Waals surface area contributed by atoms with Gasteiger partial charge in [0.05, 0.1) is 0 Å². The number of hydrogen-bond donors (Lipinski definition) is 0. The molecule has 2 aromatic rings. The summed E-state index contributed by atoms with van der Waals surface area (Å²) in [6, 6.07) is 14.6. The lowest BCUT2D eigenvalue weighted by Crippen LogP contribution is -2.45. The van der Waals surface area contributed by atoms with Crippen LogP contribution in [0, 0.1) is 5.82 Å². The first-order chi connectivity index (χ1) is 16.8. The topological polar surface area (TPSA) is 60.9 Å². The van der Waals surface area contributed by atoms with Gasteiger partial charge in [-0.1, -0.05) is 36.4 Å². The van der Waals surface area contributed by atoms with Crippen LogP contribution in [0.15, 0.2) is 48.5 Å². The summed E-state index contributed by atoms with van der Waals surface area (Å²) in [6.07, 6.45) is 4.70. The molecule has 6 nitrogen and oxygen atoms in total. The van der Waals surface area contributed by atoms with Gasteiger partial charge >= 0.3 is 0 Å². The lowest BCUT2D eigenvalue weighted by atomic mass is 10.0. The molecule has 0 aromatic heterocycles. The summed E-state index contributed by atoms with van der Waals surface area (Å²) >= 11 is 0. The van der Waals surface area contributed by atoms with E-state index >= 15 is 4.39 Å². The second-order valence-electron chi connectivity index (χ2n) is 10.1. The minimum atomic E-state index is -3.61. The van der Waals surface area contributed by atoms with E-state index in [9.17, 15) is 13.2 Å². The Bertz CT molecular complexity index is 1170. The lowest BCUT2D eigenvalue weighted by Gasteiger charge is -2.38. The number of anilines is 1. The van der Waals surface area contributed by atoms with Crippen LogP contribution in [0.3, 0.4) is 0 Å². The Morgan fingerprint density at radius 3 is 2.37 bits per heavy atom. The van der Waals surface area contributed by atoms with Gasteiger partial charge in [-0.3, -0.25) is 4.79 Å². The van der Waals surface area contributed by atoms with Crippen molar-refractivity contribution >= 4 is 21.6 Å². The van der Waals surface area contributed by atoms with E-state index in [0.717, 1.165) is 56.6 Å². The maximum Gasteiger partial charge on any atom is 0.222 e. The zero-order valence-corrected chi connectivity index (χ0v) is 21.1. The number of nitrogens with zero attached hydrogens (tertiary/aromatic N) is 3. The van der Waals surface area contributed by atoms with Crippen molar-refractivity contribution in [1.82, 2.24) is 9.21 Å². The number of benzene rings is 2. The van der Waals surface area contributed by atoms with E-state index in [1.165, 1.54) is 10.4 Å². The Balaban J connectivity index is 1.28. The van der Waals surface area contributed by atoms with Gasteiger partial charge in [0.2, 0.25) is 15.9 Å². The molecule has 2 atom stereocenters. The highest BCUT2D eigenvalue weighted by Crippen LogP contribution is 2.38. The second kappa shape index (κ2) is 9.90. The minimum absolute atomic E-state index is 0.0398. The highest BCUT2D eigenvalue weighted by Gasteiger charge is 2.40. The molecule has 0 radical (unpaired) electrons. The molecular formula is C27H34FN3O3S. The molecular weight excluding hydrogens is 465 g/mol. The maximum atomic E-state index is 15.2. The Labute approximate surface area is 207 Å². The second-order valence-corrected chi connectivity index (χ2v) is 12.2. The Hall–Kier alpha value is -2.45. The maximum absolute atomic E-state index is 15.2. The van der Waals surface area contributed by atoms with Crippen LogP contribution in [0.1, 0.15) is 61.8 Å². The number of halogens is 1. The molecule has 1 amide bonds. The molecule has 0 spiro atoms. The van der Waals surface area contributed by atoms with Gasteiger partial charge in [0.1, 0.15) is 11.1 Å². The molecule has 2 aromatic carbocycles. The zero-order chi connectivity index (χ0) is 24.6. The highest BCUT2D eigenvalue weighted by molar-refractivity contribution is 7.89. The first-order valence-corrected chi connectivity index (χ1v) is 14.2. The fraction of sp³-hybridized carbons (Fsp3) is 0.519. The van der Waals surface area contributed by atoms with Crippen molar-refractivity contribution in [1.29, 1.82) is 0 Å². The Kier molecular flexibility index (Phi) is 6.86. The third-order valence-electron chi connectivity index (χ3n) is 7.94. The summed E-state index contributed by atoms with van der Waals surface area (Å²) in [6.45, 7) is 4.36. The molecule has 3 heterocycles. The number of carbonyl (C=O) groups excluding carboxylic acids is 1. The van der Waals surface area contributed by atoms with Crippen molar-refractivity contribution in [3.8, 4) is 0 Å². The molecule has 188 valence electrons. The zero-order valence-electron chi connectivity index (χ0n) is 20.3. The largest absolute Gasteiger partial charge is 0.371 e. The number of amides is 1. The predicted octanol–water partition coefficient (Wildman–Crippen LogP) is 4.47. The molecule has 3 fully saturated rings. The van der Waals surface area contributed by atoms with Crippen molar-refractivity contribution in [3.05, 3.63) is 65.5 Å². The summed E-state index contributed by atoms with van der Waals surface area (Å²) in [7, 11) is -3.61. The van der Waals surface area contributed by atoms with Crippen LogP contribution in [0.2, 0.25) is 0 Å². The fourth-order valence-corrected chi connectivity index (χ4v) is 8.06. The summed E-state index contributed by atoms with van der Waals surface area (Å²) in [4.78, 5) is 16.2. The number of sulfonamides is 1. The molecule has 0 aliphatic carbocycles. The number of carbonyl (C=O) groups is 1. The van der Waals surface area contributed by atoms with Crippen LogP contribution in [0.4, 0.5) is 10.1 Å². The van der Waals surface area contributed by atoms with Gasteiger partial charge in [-0.2, -0.15) is 4.31 Å². The van der Waals surface area contributed by atoms with E-state index in [4.69, 9.17) is 0 Å². The van der Waals surface area contributed by atoms with Crippen LogP contribution < -0.4 is 4.90 Å². The molecule has 3 aliphatic rings. The number of rotatable bonds is 5. The van der Waals surface area contributed by atoms with Gasteiger partial charge in [-0.25, -0.2) is 12.8 Å². The summed E-state index contributed by atoms with van der Waals surface area (Å²) in [5.74, 6) is -0.112. The normalized spacial score (nSPS) is 25.8. The Morgan fingerprint density at radius 2 is 1.71 bits per heavy atom. The van der Waals surface area contributed by atoms with E-state index in [1.54, 1.807) is 6.07 Å². The van der Waals surface area contributed by atoms with E-state index in [0.29, 0.717) is 18.4 Å². The average Bonchev–Trinajstić information content (AvgIpc) is 3.29. The van der Waals surface area contributed by atoms with E-state index in [2.05, 4.69) is 4.90 Å². The van der Waals surface area contributed by atoms with E-state index in [-0.39, 0.29) is 30.4 Å². The van der Waals surface area contributed by atoms with Gasteiger partial charge in [0.15, 0.2) is 0 Å². The van der Waals surface area contributed by atoms with Crippen LogP contribution in [-0.4, -0.2) is 55.2 Å². The molecule has 35 heavy (non-hydrogen) atoms. The van der Waals surface area contributed by atoms with Gasteiger partial charge in [0, 0.05) is 55.9 Å². The van der Waals surface area contributed by atoms with Gasteiger partial charge < -0.3 is 9.80 Å². The van der Waals surface area contributed by atoms with Crippen molar-refractivity contribution in [3.63, 3.8) is 0 Å². The summed E-state index contributed by atoms with van der Waals surface area (Å²) < 4.78 is 43.7. The van der Waals surface area contributed by atoms with Gasteiger partial charge in [-0.05, 0) is 56.7 Å². The van der Waals surface area contributed by atoms with Crippen LogP contribution in [0.25, 0.3) is 0 Å². The molecule has 1 unspecified atom stereocenters. The van der Waals surface area contributed by atoms with E-state index < -0.39 is 15.3 Å². The first kappa shape index (κ1) is 24.3. The monoisotopic (exact) mass is 499 g/mol. The number of piperidine rings is 1. The van der Waals surface area contributed by atoms with Crippen molar-refractivity contribution in [2.45, 2.75) is 69.3 Å². The minimum Gasteiger partial charge on any atom is -0.371 e. The van der Waals surface area contributed by atoms with Gasteiger partial charge in [0.25, 0.3) is 0 Å². The molecule has 5 rings (SSSR count). The summed E-state index contributed by atoms with van der Waals surface area (Å²) in [5.41, 5.74) is 2.00. The van der Waals surface area contributed by atoms with Gasteiger partial charge in [-0.15, -0.1) is 0 Å². The lowest BCUT2D eigenvalue weighted by molar-refractivity contribution is -0.130. The Morgan fingerprint density at radius 1 is 0.971 bits per heavy atom. The first-order valence-electron chi connectivity index (χ1n) is 12.7. The molecule has 0 N–H and O–H groups in total. The molecule has 3 aliphatic heterocycles. The molecule has 3 saturated heterocycles. The van der Waals surface area contributed by atoms with Crippen molar-refractivity contribution in [2.75, 3.05) is 24.5 Å². The van der Waals surface area contributed by atoms with E-state index in [1.807, 2.05) is 48.2 Å². The SMILES string of the molecule is C[C@H]1CCC(c2ccccc2)S(=O)(=O)N1Cc1ccc(N2CCC(N3CCCC3=O)CC2)cc1F. The highest BCUT2D eigenvalue weighted by atomic mass is 32.2.